The van der Waals surface area contributed by atoms with Gasteiger partial charge in [0.25, 0.3) is 5.91 Å². The number of oxazole rings is 1. The summed E-state index contributed by atoms with van der Waals surface area (Å²) in [5.41, 5.74) is 7.08. The van der Waals surface area contributed by atoms with Crippen LogP contribution in [-0.2, 0) is 19.3 Å². The van der Waals surface area contributed by atoms with Crippen LogP contribution in [0.5, 0.6) is 5.75 Å². The fourth-order valence-corrected chi connectivity index (χ4v) is 4.67. The first-order chi connectivity index (χ1) is 17.5. The van der Waals surface area contributed by atoms with Crippen molar-refractivity contribution in [3.8, 4) is 17.2 Å². The summed E-state index contributed by atoms with van der Waals surface area (Å²) >= 11 is 12.2. The van der Waals surface area contributed by atoms with E-state index in [1.165, 1.54) is 19.2 Å². The monoisotopic (exact) mass is 550 g/mol. The zero-order chi connectivity index (χ0) is 26.6. The number of nitrogens with zero attached hydrogens (tertiary/aromatic N) is 3. The summed E-state index contributed by atoms with van der Waals surface area (Å²) < 4.78 is 51.0. The summed E-state index contributed by atoms with van der Waals surface area (Å²) in [7, 11) is 1.33. The average molecular weight is 551 g/mol. The molecule has 0 fully saturated rings. The van der Waals surface area contributed by atoms with E-state index in [2.05, 4.69) is 9.97 Å². The molecule has 7 nitrogen and oxygen atoms in total. The highest BCUT2D eigenvalue weighted by Crippen LogP contribution is 2.38. The zero-order valence-corrected chi connectivity index (χ0v) is 21.0. The van der Waals surface area contributed by atoms with Gasteiger partial charge >= 0.3 is 6.18 Å². The molecule has 0 radical (unpaired) electrons. The van der Waals surface area contributed by atoms with Crippen LogP contribution in [0.2, 0.25) is 10.0 Å². The van der Waals surface area contributed by atoms with Crippen molar-refractivity contribution in [2.45, 2.75) is 32.2 Å². The van der Waals surface area contributed by atoms with Crippen molar-refractivity contribution < 1.29 is 27.1 Å². The molecule has 3 heterocycles. The van der Waals surface area contributed by atoms with E-state index < -0.39 is 23.8 Å². The Labute approximate surface area is 218 Å². The third-order valence-electron chi connectivity index (χ3n) is 6.08. The molecule has 0 aliphatic carbocycles. The van der Waals surface area contributed by atoms with Crippen LogP contribution >= 0.6 is 23.2 Å². The highest BCUT2D eigenvalue weighted by atomic mass is 35.5. The number of rotatable bonds is 4. The highest BCUT2D eigenvalue weighted by molar-refractivity contribution is 6.42. The standard InChI is InChI=1S/C25H19Cl2F3N4O3/c1-11(31)22-21(24(35)34-9-12-7-16(26)17(27)8-13(12)10-34)33-23(37-22)15-3-5-18(36-2)20-14(15)4-6-19(32-20)25(28,29)30/h3-8,11H,9-10,31H2,1-2H3/t11-/m0/s1. The number of alkyl halides is 3. The van der Waals surface area contributed by atoms with E-state index in [-0.39, 0.29) is 28.6 Å². The molecule has 1 amide bonds. The van der Waals surface area contributed by atoms with Crippen molar-refractivity contribution in [2.75, 3.05) is 7.11 Å². The van der Waals surface area contributed by atoms with Crippen LogP contribution < -0.4 is 10.5 Å². The molecule has 2 aromatic carbocycles. The molecule has 192 valence electrons. The number of aromatic nitrogens is 2. The second-order valence-electron chi connectivity index (χ2n) is 8.62. The third kappa shape index (κ3) is 4.49. The molecule has 1 aliphatic heterocycles. The van der Waals surface area contributed by atoms with Crippen molar-refractivity contribution in [2.24, 2.45) is 5.73 Å². The number of amides is 1. The van der Waals surface area contributed by atoms with E-state index in [0.29, 0.717) is 34.1 Å². The molecule has 12 heteroatoms. The van der Waals surface area contributed by atoms with Crippen LogP contribution in [0.25, 0.3) is 22.4 Å². The van der Waals surface area contributed by atoms with Gasteiger partial charge in [-0.05, 0) is 54.4 Å². The van der Waals surface area contributed by atoms with Gasteiger partial charge in [-0.25, -0.2) is 9.97 Å². The second-order valence-corrected chi connectivity index (χ2v) is 9.44. The van der Waals surface area contributed by atoms with E-state index in [1.807, 2.05) is 0 Å². The van der Waals surface area contributed by atoms with Crippen LogP contribution in [0, 0.1) is 0 Å². The molecule has 1 aliphatic rings. The largest absolute Gasteiger partial charge is 0.494 e. The first-order valence-corrected chi connectivity index (χ1v) is 11.8. The fraction of sp³-hybridized carbons (Fsp3) is 0.240. The van der Waals surface area contributed by atoms with E-state index in [4.69, 9.17) is 38.1 Å². The lowest BCUT2D eigenvalue weighted by molar-refractivity contribution is -0.140. The minimum Gasteiger partial charge on any atom is -0.494 e. The maximum Gasteiger partial charge on any atom is 0.433 e. The van der Waals surface area contributed by atoms with Gasteiger partial charge in [0, 0.05) is 24.0 Å². The Kier molecular flexibility index (Phi) is 6.29. The summed E-state index contributed by atoms with van der Waals surface area (Å²) in [5, 5.41) is 1.09. The van der Waals surface area contributed by atoms with Gasteiger partial charge in [-0.3, -0.25) is 4.79 Å². The van der Waals surface area contributed by atoms with Crippen LogP contribution in [0.4, 0.5) is 13.2 Å². The lowest BCUT2D eigenvalue weighted by Gasteiger charge is -2.14. The smallest absolute Gasteiger partial charge is 0.433 e. The van der Waals surface area contributed by atoms with Crippen LogP contribution in [0.3, 0.4) is 0 Å². The number of halogens is 5. The van der Waals surface area contributed by atoms with E-state index in [0.717, 1.165) is 17.2 Å². The van der Waals surface area contributed by atoms with Gasteiger partial charge in [-0.2, -0.15) is 13.2 Å². The fourth-order valence-electron chi connectivity index (χ4n) is 4.29. The summed E-state index contributed by atoms with van der Waals surface area (Å²) in [6, 6.07) is 7.94. The van der Waals surface area contributed by atoms with Crippen molar-refractivity contribution in [1.82, 2.24) is 14.9 Å². The van der Waals surface area contributed by atoms with Gasteiger partial charge in [0.1, 0.15) is 17.0 Å². The first-order valence-electron chi connectivity index (χ1n) is 11.1. The maximum atomic E-state index is 13.5. The van der Waals surface area contributed by atoms with Gasteiger partial charge in [-0.1, -0.05) is 23.2 Å². The van der Waals surface area contributed by atoms with Gasteiger partial charge < -0.3 is 19.8 Å². The van der Waals surface area contributed by atoms with Crippen molar-refractivity contribution in [3.63, 3.8) is 0 Å². The molecule has 0 unspecified atom stereocenters. The lowest BCUT2D eigenvalue weighted by Crippen LogP contribution is -2.27. The normalized spacial score (nSPS) is 14.2. The minimum absolute atomic E-state index is 0.0128. The van der Waals surface area contributed by atoms with E-state index in [9.17, 15) is 18.0 Å². The number of nitrogens with two attached hydrogens (primary N) is 1. The Morgan fingerprint density at radius 2 is 1.76 bits per heavy atom. The van der Waals surface area contributed by atoms with Crippen molar-refractivity contribution >= 4 is 40.0 Å². The van der Waals surface area contributed by atoms with E-state index in [1.54, 1.807) is 30.0 Å². The lowest BCUT2D eigenvalue weighted by atomic mass is 10.1. The number of ether oxygens (including phenoxy) is 1. The van der Waals surface area contributed by atoms with Gasteiger partial charge in [0.2, 0.25) is 5.89 Å². The summed E-state index contributed by atoms with van der Waals surface area (Å²) in [6.45, 7) is 2.23. The third-order valence-corrected chi connectivity index (χ3v) is 6.80. The number of pyridine rings is 1. The average Bonchev–Trinajstić information content (AvgIpc) is 3.47. The van der Waals surface area contributed by atoms with Gasteiger partial charge in [-0.15, -0.1) is 0 Å². The second kappa shape index (κ2) is 9.20. The Morgan fingerprint density at radius 3 is 2.32 bits per heavy atom. The number of fused-ring (bicyclic) bond motifs is 2. The highest BCUT2D eigenvalue weighted by Gasteiger charge is 2.34. The SMILES string of the molecule is COc1ccc(-c2nc(C(=O)N3Cc4cc(Cl)c(Cl)cc4C3)c([C@H](C)N)o2)c2ccc(C(F)(F)F)nc12. The van der Waals surface area contributed by atoms with E-state index >= 15 is 0 Å². The maximum absolute atomic E-state index is 13.5. The van der Waals surface area contributed by atoms with Gasteiger partial charge in [0.05, 0.1) is 23.2 Å². The molecule has 5 rings (SSSR count). The molecule has 37 heavy (non-hydrogen) atoms. The molecule has 0 spiro atoms. The Bertz CT molecular complexity index is 1520. The zero-order valence-electron chi connectivity index (χ0n) is 19.5. The summed E-state index contributed by atoms with van der Waals surface area (Å²) in [6.07, 6.45) is -4.64. The van der Waals surface area contributed by atoms with Gasteiger partial charge in [0.15, 0.2) is 11.5 Å². The molecular formula is C25H19Cl2F3N4O3. The Balaban J connectivity index is 1.57. The minimum atomic E-state index is -4.64. The number of hydrogen-bond donors (Lipinski definition) is 1. The number of carbonyl (C=O) groups excluding carboxylic acids is 1. The molecule has 0 saturated heterocycles. The molecule has 4 aromatic rings. The number of methoxy groups -OCH3 is 1. The summed E-state index contributed by atoms with van der Waals surface area (Å²) in [5.74, 6) is -0.100. The topological polar surface area (TPSA) is 94.5 Å². The predicted octanol–water partition coefficient (Wildman–Crippen LogP) is 6.40. The number of benzene rings is 2. The van der Waals surface area contributed by atoms with Crippen molar-refractivity contribution in [1.29, 1.82) is 0 Å². The first kappa shape index (κ1) is 25.3. The number of carbonyl (C=O) groups is 1. The quantitative estimate of drug-likeness (QED) is 0.316. The molecule has 0 bridgehead atoms. The van der Waals surface area contributed by atoms with Crippen molar-refractivity contribution in [3.05, 3.63) is 74.7 Å². The molecule has 2 N–H and O–H groups in total. The summed E-state index contributed by atoms with van der Waals surface area (Å²) in [4.78, 5) is 23.3. The van der Waals surface area contributed by atoms with Crippen LogP contribution in [-0.4, -0.2) is 27.9 Å². The molecule has 2 aromatic heterocycles. The number of hydrogen-bond acceptors (Lipinski definition) is 6. The van der Waals surface area contributed by atoms with Crippen LogP contribution in [0.15, 0.2) is 40.8 Å². The molecule has 0 saturated carbocycles. The molecular weight excluding hydrogens is 532 g/mol. The van der Waals surface area contributed by atoms with Crippen LogP contribution in [0.1, 0.15) is 46.0 Å². The Morgan fingerprint density at radius 1 is 1.11 bits per heavy atom. The Hall–Kier alpha value is -3.34. The predicted molar refractivity (Wildman–Crippen MR) is 131 cm³/mol. The molecule has 1 atom stereocenters.